The van der Waals surface area contributed by atoms with Crippen LogP contribution >= 0.6 is 15.9 Å². The van der Waals surface area contributed by atoms with E-state index in [0.29, 0.717) is 15.9 Å². The molecule has 0 aliphatic heterocycles. The Kier molecular flexibility index (Phi) is 3.25. The Hall–Kier alpha value is -1.63. The van der Waals surface area contributed by atoms with Crippen LogP contribution in [0, 0.1) is 0 Å². The summed E-state index contributed by atoms with van der Waals surface area (Å²) in [6.07, 6.45) is 2.85. The third-order valence-corrected chi connectivity index (χ3v) is 2.69. The summed E-state index contributed by atoms with van der Waals surface area (Å²) in [7, 11) is 0. The largest absolute Gasteiger partial charge is 0.444 e. The van der Waals surface area contributed by atoms with Gasteiger partial charge in [0.2, 0.25) is 0 Å². The molecule has 18 heavy (non-hydrogen) atoms. The normalized spacial score (nSPS) is 11.6. The third-order valence-electron chi connectivity index (χ3n) is 1.96. The molecule has 0 atom stereocenters. The van der Waals surface area contributed by atoms with Crippen LogP contribution in [0.1, 0.15) is 20.8 Å². The summed E-state index contributed by atoms with van der Waals surface area (Å²) in [6, 6.07) is 1.75. The lowest BCUT2D eigenvalue weighted by atomic mass is 10.2. The Morgan fingerprint density at radius 2 is 2.22 bits per heavy atom. The van der Waals surface area contributed by atoms with Crippen molar-refractivity contribution in [3.63, 3.8) is 0 Å². The summed E-state index contributed by atoms with van der Waals surface area (Å²) >= 11 is 3.34. The molecule has 2 aromatic rings. The highest BCUT2D eigenvalue weighted by atomic mass is 79.9. The molecule has 0 aliphatic carbocycles. The Bertz CT molecular complexity index is 588. The van der Waals surface area contributed by atoms with Gasteiger partial charge in [0.1, 0.15) is 10.1 Å². The Balaban J connectivity index is 2.22. The maximum Gasteiger partial charge on any atom is 0.413 e. The van der Waals surface area contributed by atoms with Crippen LogP contribution in [-0.2, 0) is 4.74 Å². The number of halogens is 1. The minimum Gasteiger partial charge on any atom is -0.444 e. The number of aromatic nitrogens is 3. The van der Waals surface area contributed by atoms with Gasteiger partial charge in [-0.3, -0.25) is 5.32 Å². The number of ether oxygens (including phenoxy) is 1. The van der Waals surface area contributed by atoms with Gasteiger partial charge in [0.15, 0.2) is 11.5 Å². The first kappa shape index (κ1) is 12.8. The number of nitrogens with one attached hydrogen (secondary N) is 1. The molecule has 0 saturated heterocycles. The predicted octanol–water partition coefficient (Wildman–Crippen LogP) is 2.84. The van der Waals surface area contributed by atoms with Crippen molar-refractivity contribution in [3.8, 4) is 0 Å². The minimum absolute atomic E-state index is 0.378. The van der Waals surface area contributed by atoms with Crippen molar-refractivity contribution in [3.05, 3.63) is 22.9 Å². The van der Waals surface area contributed by atoms with Crippen molar-refractivity contribution in [2.75, 3.05) is 5.32 Å². The van der Waals surface area contributed by atoms with Gasteiger partial charge in [0.05, 0.1) is 0 Å². The van der Waals surface area contributed by atoms with Gasteiger partial charge in [0, 0.05) is 12.4 Å². The molecular weight excluding hydrogens is 300 g/mol. The summed E-state index contributed by atoms with van der Waals surface area (Å²) in [6.45, 7) is 5.40. The number of fused-ring (bicyclic) bond motifs is 1. The zero-order valence-electron chi connectivity index (χ0n) is 10.3. The molecule has 2 aromatic heterocycles. The second-order valence-electron chi connectivity index (χ2n) is 4.68. The molecule has 0 spiro atoms. The highest BCUT2D eigenvalue weighted by Gasteiger charge is 2.19. The molecule has 0 fully saturated rings. The summed E-state index contributed by atoms with van der Waals surface area (Å²) in [5, 5.41) is 6.75. The van der Waals surface area contributed by atoms with Crippen molar-refractivity contribution < 1.29 is 9.53 Å². The third kappa shape index (κ3) is 2.79. The summed E-state index contributed by atoms with van der Waals surface area (Å²) in [5.74, 6) is 0.378. The van der Waals surface area contributed by atoms with Gasteiger partial charge in [-0.1, -0.05) is 0 Å². The zero-order valence-corrected chi connectivity index (χ0v) is 11.9. The molecule has 0 aromatic carbocycles. The quantitative estimate of drug-likeness (QED) is 0.879. The second-order valence-corrected chi connectivity index (χ2v) is 5.47. The molecule has 0 radical (unpaired) electrons. The molecule has 1 N–H and O–H groups in total. The summed E-state index contributed by atoms with van der Waals surface area (Å²) in [5.41, 5.74) is 0.0806. The van der Waals surface area contributed by atoms with Crippen LogP contribution in [0.15, 0.2) is 22.9 Å². The van der Waals surface area contributed by atoms with Crippen LogP contribution in [0.5, 0.6) is 0 Å². The number of nitrogens with zero attached hydrogens (tertiary/aromatic N) is 3. The van der Waals surface area contributed by atoms with Gasteiger partial charge in [-0.15, -0.1) is 5.10 Å². The first-order chi connectivity index (χ1) is 8.37. The van der Waals surface area contributed by atoms with Crippen LogP contribution in [0.25, 0.3) is 5.65 Å². The number of hydrogen-bond donors (Lipinski definition) is 1. The molecule has 0 bridgehead atoms. The highest BCUT2D eigenvalue weighted by molar-refractivity contribution is 9.10. The number of carbonyl (C=O) groups is 1. The summed E-state index contributed by atoms with van der Waals surface area (Å²) < 4.78 is 7.34. The van der Waals surface area contributed by atoms with E-state index < -0.39 is 11.7 Å². The minimum atomic E-state index is -0.549. The van der Waals surface area contributed by atoms with Crippen LogP contribution in [0.4, 0.5) is 10.6 Å². The number of rotatable bonds is 1. The monoisotopic (exact) mass is 312 g/mol. The van der Waals surface area contributed by atoms with Gasteiger partial charge in [-0.05, 0) is 42.8 Å². The lowest BCUT2D eigenvalue weighted by Gasteiger charge is -2.19. The fourth-order valence-corrected chi connectivity index (χ4v) is 1.80. The molecule has 2 heterocycles. The van der Waals surface area contributed by atoms with E-state index in [9.17, 15) is 4.79 Å². The predicted molar refractivity (Wildman–Crippen MR) is 70.5 cm³/mol. The van der Waals surface area contributed by atoms with E-state index in [1.54, 1.807) is 43.7 Å². The molecule has 0 saturated carbocycles. The molecule has 7 heteroatoms. The highest BCUT2D eigenvalue weighted by Crippen LogP contribution is 2.25. The number of anilines is 1. The molecule has 2 rings (SSSR count). The van der Waals surface area contributed by atoms with Crippen molar-refractivity contribution >= 4 is 33.5 Å². The van der Waals surface area contributed by atoms with E-state index in [2.05, 4.69) is 31.3 Å². The maximum atomic E-state index is 11.6. The van der Waals surface area contributed by atoms with Crippen LogP contribution in [0.2, 0.25) is 0 Å². The summed E-state index contributed by atoms with van der Waals surface area (Å²) in [4.78, 5) is 15.8. The van der Waals surface area contributed by atoms with Gasteiger partial charge < -0.3 is 4.74 Å². The van der Waals surface area contributed by atoms with Gasteiger partial charge >= 0.3 is 6.09 Å². The molecule has 1 amide bonds. The standard InChI is InChI=1S/C11H13BrN4O2/c1-11(2,3)18-10(17)14-8-7(12)9-13-5-4-6-16(9)15-8/h4-6H,1-3H3,(H,14,15,17). The Labute approximate surface area is 112 Å². The number of amides is 1. The topological polar surface area (TPSA) is 68.5 Å². The molecule has 96 valence electrons. The van der Waals surface area contributed by atoms with Gasteiger partial charge in [-0.2, -0.15) is 0 Å². The van der Waals surface area contributed by atoms with Gasteiger partial charge in [-0.25, -0.2) is 14.3 Å². The Morgan fingerprint density at radius 3 is 2.83 bits per heavy atom. The van der Waals surface area contributed by atoms with E-state index >= 15 is 0 Å². The first-order valence-electron chi connectivity index (χ1n) is 5.36. The molecular formula is C11H13BrN4O2. The van der Waals surface area contributed by atoms with Crippen molar-refractivity contribution in [2.45, 2.75) is 26.4 Å². The first-order valence-corrected chi connectivity index (χ1v) is 6.15. The number of carbonyl (C=O) groups excluding carboxylic acids is 1. The fraction of sp³-hybridized carbons (Fsp3) is 0.364. The van der Waals surface area contributed by atoms with Crippen LogP contribution in [0.3, 0.4) is 0 Å². The van der Waals surface area contributed by atoms with Crippen molar-refractivity contribution in [2.24, 2.45) is 0 Å². The van der Waals surface area contributed by atoms with E-state index in [0.717, 1.165) is 0 Å². The second kappa shape index (κ2) is 4.56. The molecule has 6 nitrogen and oxygen atoms in total. The van der Waals surface area contributed by atoms with E-state index in [1.807, 2.05) is 0 Å². The Morgan fingerprint density at radius 1 is 1.50 bits per heavy atom. The average molecular weight is 313 g/mol. The molecule has 0 aliphatic rings. The zero-order chi connectivity index (χ0) is 13.3. The lowest BCUT2D eigenvalue weighted by molar-refractivity contribution is 0.0635. The fourth-order valence-electron chi connectivity index (χ4n) is 1.34. The van der Waals surface area contributed by atoms with Crippen LogP contribution < -0.4 is 5.32 Å². The van der Waals surface area contributed by atoms with E-state index in [1.165, 1.54) is 0 Å². The maximum absolute atomic E-state index is 11.6. The van der Waals surface area contributed by atoms with E-state index in [-0.39, 0.29) is 0 Å². The SMILES string of the molecule is CC(C)(C)OC(=O)Nc1nn2cccnc2c1Br. The van der Waals surface area contributed by atoms with Gasteiger partial charge in [0.25, 0.3) is 0 Å². The van der Waals surface area contributed by atoms with Crippen molar-refractivity contribution in [1.82, 2.24) is 14.6 Å². The smallest absolute Gasteiger partial charge is 0.413 e. The average Bonchev–Trinajstić information content (AvgIpc) is 2.54. The van der Waals surface area contributed by atoms with Crippen molar-refractivity contribution in [1.29, 1.82) is 0 Å². The lowest BCUT2D eigenvalue weighted by Crippen LogP contribution is -2.27. The van der Waals surface area contributed by atoms with E-state index in [4.69, 9.17) is 4.74 Å². The van der Waals surface area contributed by atoms with Crippen LogP contribution in [-0.4, -0.2) is 26.3 Å². The molecule has 0 unspecified atom stereocenters. The number of hydrogen-bond acceptors (Lipinski definition) is 4.